The Kier molecular flexibility index (Phi) is 11.5. The molecule has 0 saturated carbocycles. The first kappa shape index (κ1) is 25.3. The molecule has 147 valence electrons. The molecule has 2 nitrogen and oxygen atoms in total. The van der Waals surface area contributed by atoms with Gasteiger partial charge in [0, 0.05) is 24.4 Å². The second-order valence-electron chi connectivity index (χ2n) is 7.09. The molecule has 0 saturated heterocycles. The second-order valence-corrected chi connectivity index (χ2v) is 8.74. The van der Waals surface area contributed by atoms with E-state index < -0.39 is 0 Å². The van der Waals surface area contributed by atoms with Crippen LogP contribution in [-0.2, 0) is 0 Å². The smallest absolute Gasteiger partial charge is 0.187 e. The van der Waals surface area contributed by atoms with Crippen LogP contribution >= 0.6 is 20.2 Å². The van der Waals surface area contributed by atoms with E-state index in [2.05, 4.69) is 13.8 Å². The van der Waals surface area contributed by atoms with Gasteiger partial charge in [0.1, 0.15) is 5.75 Å². The zero-order valence-corrected chi connectivity index (χ0v) is 19.5. The third-order valence-corrected chi connectivity index (χ3v) is 6.55. The van der Waals surface area contributed by atoms with Crippen molar-refractivity contribution in [1.82, 2.24) is 0 Å². The first-order valence-electron chi connectivity index (χ1n) is 9.76. The molecule has 0 aromatic heterocycles. The van der Waals surface area contributed by atoms with Crippen LogP contribution < -0.4 is 10.0 Å². The summed E-state index contributed by atoms with van der Waals surface area (Å²) in [6.45, 7) is 9.17. The number of unbranched alkanes of at least 4 members (excludes halogenated alkanes) is 1. The van der Waals surface area contributed by atoms with Crippen molar-refractivity contribution in [3.05, 3.63) is 58.1 Å². The zero-order valence-electron chi connectivity index (χ0n) is 17.8. The number of carbonyl (C=O) groups excluding carboxylic acids is 1. The minimum atomic E-state index is 0. The van der Waals surface area contributed by atoms with E-state index in [1.807, 2.05) is 44.2 Å². The van der Waals surface area contributed by atoms with Gasteiger partial charge in [0.25, 0.3) is 0 Å². The molecule has 1 radical (unpaired) electrons. The van der Waals surface area contributed by atoms with Crippen LogP contribution in [0.15, 0.2) is 36.4 Å². The van der Waals surface area contributed by atoms with Gasteiger partial charge in [0.05, 0.1) is 11.6 Å². The van der Waals surface area contributed by atoms with Crippen LogP contribution in [0.4, 0.5) is 0 Å². The maximum absolute atomic E-state index is 12.7. The normalized spacial score (nSPS) is 12.0. The zero-order chi connectivity index (χ0) is 19.8. The van der Waals surface area contributed by atoms with Crippen LogP contribution in [0.1, 0.15) is 61.0 Å². The summed E-state index contributed by atoms with van der Waals surface area (Å²) < 4.78 is 6.02. The summed E-state index contributed by atoms with van der Waals surface area (Å²) >= 11 is 6.24. The van der Waals surface area contributed by atoms with Crippen molar-refractivity contribution in [1.29, 1.82) is 0 Å². The fourth-order valence-corrected chi connectivity index (χ4v) is 4.61. The average Bonchev–Trinajstić information content (AvgIpc) is 2.64. The Morgan fingerprint density at radius 3 is 2.50 bits per heavy atom. The minimum Gasteiger partial charge on any atom is -0.493 e. The average molecular weight is 412 g/mol. The molecule has 28 heavy (non-hydrogen) atoms. The molecule has 0 aliphatic carbocycles. The summed E-state index contributed by atoms with van der Waals surface area (Å²) in [6.07, 6.45) is 4.84. The molecule has 2 aromatic carbocycles. The first-order chi connectivity index (χ1) is 13.0. The maximum atomic E-state index is 12.7. The van der Waals surface area contributed by atoms with E-state index in [1.165, 1.54) is 19.3 Å². The summed E-state index contributed by atoms with van der Waals surface area (Å²) in [6, 6.07) is 11.6. The van der Waals surface area contributed by atoms with Gasteiger partial charge in [-0.15, -0.1) is 0 Å². The number of carbonyl (C=O) groups is 1. The van der Waals surface area contributed by atoms with Gasteiger partial charge in [-0.05, 0) is 69.4 Å². The van der Waals surface area contributed by atoms with E-state index in [1.54, 1.807) is 6.07 Å². The molecule has 2 atom stereocenters. The Hall–Kier alpha value is -0.773. The molecule has 0 aliphatic heterocycles. The summed E-state index contributed by atoms with van der Waals surface area (Å²) in [7, 11) is 0.0621. The predicted octanol–water partition coefficient (Wildman–Crippen LogP) is 6.32. The molecule has 0 heterocycles. The van der Waals surface area contributed by atoms with Crippen LogP contribution in [0.25, 0.3) is 0 Å². The Labute approximate surface area is 188 Å². The fourth-order valence-electron chi connectivity index (χ4n) is 3.08. The van der Waals surface area contributed by atoms with Gasteiger partial charge >= 0.3 is 0 Å². The first-order valence-corrected chi connectivity index (χ1v) is 11.1. The van der Waals surface area contributed by atoms with Crippen molar-refractivity contribution in [2.75, 3.05) is 6.61 Å². The van der Waals surface area contributed by atoms with Crippen LogP contribution in [0.3, 0.4) is 0 Å². The summed E-state index contributed by atoms with van der Waals surface area (Å²) in [5.41, 5.74) is 2.74. The third kappa shape index (κ3) is 7.24. The Bertz CT molecular complexity index is 759. The predicted molar refractivity (Wildman–Crippen MR) is 124 cm³/mol. The van der Waals surface area contributed by atoms with Crippen molar-refractivity contribution in [3.63, 3.8) is 0 Å². The summed E-state index contributed by atoms with van der Waals surface area (Å²) in [4.78, 5) is 12.7. The molecule has 0 aliphatic rings. The quantitative estimate of drug-likeness (QED) is 0.338. The summed E-state index contributed by atoms with van der Waals surface area (Å²) in [5.74, 6) is 1.49. The van der Waals surface area contributed by atoms with E-state index in [0.717, 1.165) is 35.2 Å². The molecule has 5 heteroatoms. The van der Waals surface area contributed by atoms with Gasteiger partial charge in [-0.3, -0.25) is 4.79 Å². The van der Waals surface area contributed by atoms with Gasteiger partial charge in [0.2, 0.25) is 0 Å². The number of rotatable bonds is 10. The van der Waals surface area contributed by atoms with Crippen molar-refractivity contribution < 1.29 is 9.53 Å². The van der Waals surface area contributed by atoms with Crippen molar-refractivity contribution in [2.45, 2.75) is 53.4 Å². The molecule has 0 spiro atoms. The molecular weight excluding hydrogens is 382 g/mol. The minimum absolute atomic E-state index is 0. The van der Waals surface area contributed by atoms with Gasteiger partial charge in [-0.25, -0.2) is 0 Å². The topological polar surface area (TPSA) is 26.3 Å². The third-order valence-electron chi connectivity index (χ3n) is 4.92. The largest absolute Gasteiger partial charge is 0.493 e. The second kappa shape index (κ2) is 12.7. The van der Waals surface area contributed by atoms with Crippen molar-refractivity contribution in [2.24, 2.45) is 5.92 Å². The standard InChI is InChI=1S/C23H30ClO2P.Li/c1-5-7-10-18(6-2)15-26-19-12-13-21(17(4)14-19)27-23(25)22-16(3)9-8-11-20(22)24;/h8-9,11-14,18,27H,5-7,10,15H2,1-4H3;. The van der Waals surface area contributed by atoms with E-state index in [0.29, 0.717) is 16.5 Å². The fraction of sp³-hybridized carbons (Fsp3) is 0.435. The molecule has 0 amide bonds. The number of hydrogen-bond acceptors (Lipinski definition) is 2. The number of ether oxygens (including phenoxy) is 1. The maximum Gasteiger partial charge on any atom is 0.187 e. The van der Waals surface area contributed by atoms with E-state index in [9.17, 15) is 4.79 Å². The van der Waals surface area contributed by atoms with E-state index in [-0.39, 0.29) is 33.0 Å². The van der Waals surface area contributed by atoms with E-state index in [4.69, 9.17) is 16.3 Å². The molecular formula is C23H30ClLiO2P. The van der Waals surface area contributed by atoms with Crippen LogP contribution in [0.5, 0.6) is 5.75 Å². The Balaban J connectivity index is 0.00000392. The van der Waals surface area contributed by atoms with Crippen molar-refractivity contribution >= 4 is 49.9 Å². The molecule has 2 rings (SSSR count). The van der Waals surface area contributed by atoms with Crippen LogP contribution in [-0.4, -0.2) is 31.0 Å². The monoisotopic (exact) mass is 411 g/mol. The van der Waals surface area contributed by atoms with Gasteiger partial charge < -0.3 is 4.74 Å². The number of hydrogen-bond donors (Lipinski definition) is 0. The van der Waals surface area contributed by atoms with Gasteiger partial charge in [-0.1, -0.05) is 62.9 Å². The molecule has 0 fully saturated rings. The summed E-state index contributed by atoms with van der Waals surface area (Å²) in [5, 5.41) is 1.58. The Morgan fingerprint density at radius 2 is 1.89 bits per heavy atom. The molecule has 2 aromatic rings. The van der Waals surface area contributed by atoms with Crippen LogP contribution in [0.2, 0.25) is 5.02 Å². The van der Waals surface area contributed by atoms with Crippen molar-refractivity contribution in [3.8, 4) is 5.75 Å². The number of halogens is 1. The van der Waals surface area contributed by atoms with Crippen LogP contribution in [0, 0.1) is 19.8 Å². The number of aryl methyl sites for hydroxylation is 2. The molecule has 0 N–H and O–H groups in total. The Morgan fingerprint density at radius 1 is 1.14 bits per heavy atom. The molecule has 2 unspecified atom stereocenters. The van der Waals surface area contributed by atoms with E-state index >= 15 is 0 Å². The number of benzene rings is 2. The molecule has 0 bridgehead atoms. The van der Waals surface area contributed by atoms with Gasteiger partial charge in [-0.2, -0.15) is 0 Å². The SMILES string of the molecule is CCCCC(CC)COc1ccc(PC(=O)c2c(C)cccc2Cl)c(C)c1.[Li]. The van der Waals surface area contributed by atoms with Gasteiger partial charge in [0.15, 0.2) is 5.52 Å².